The lowest BCUT2D eigenvalue weighted by molar-refractivity contribution is 0.175. The van der Waals surface area contributed by atoms with Gasteiger partial charge in [0.15, 0.2) is 11.6 Å². The quantitative estimate of drug-likeness (QED) is 0.139. The maximum Gasteiger partial charge on any atom is 0.156 e. The highest BCUT2D eigenvalue weighted by atomic mass is 35.5. The zero-order valence-electron chi connectivity index (χ0n) is 24.1. The van der Waals surface area contributed by atoms with E-state index in [9.17, 15) is 10.2 Å². The van der Waals surface area contributed by atoms with Crippen molar-refractivity contribution in [2.75, 3.05) is 23.7 Å². The highest BCUT2D eigenvalue weighted by Crippen LogP contribution is 2.42. The van der Waals surface area contributed by atoms with Gasteiger partial charge in [0.1, 0.15) is 11.0 Å². The van der Waals surface area contributed by atoms with E-state index in [-0.39, 0.29) is 12.7 Å². The summed E-state index contributed by atoms with van der Waals surface area (Å²) in [6.07, 6.45) is 7.48. The van der Waals surface area contributed by atoms with Gasteiger partial charge in [-0.15, -0.1) is 0 Å². The van der Waals surface area contributed by atoms with Crippen molar-refractivity contribution >= 4 is 68.0 Å². The fourth-order valence-corrected chi connectivity index (χ4v) is 6.26. The number of halogens is 2. The van der Waals surface area contributed by atoms with E-state index >= 15 is 0 Å². The number of aliphatic hydroxyl groups excluding tert-OH is 2. The predicted octanol–water partition coefficient (Wildman–Crippen LogP) is 7.09. The standard InChI is InChI=1S/C34H29Cl2N7O2/c35-29-25(26-4-2-6-28(30(26)36)42-34-32-23(8-11-38-34)14-21(19-44)16-40-32)3-1-5-27(29)41-33-31-22(7-10-37-33)13-20(15-39-31)17-43-12-9-24(45)18-43/h1-8,10-11,13-16,24,44-45H,9,12,17-19H2,(H,37,41)(H,38,42). The van der Waals surface area contributed by atoms with Crippen molar-refractivity contribution in [2.24, 2.45) is 0 Å². The van der Waals surface area contributed by atoms with Gasteiger partial charge in [0, 0.05) is 66.3 Å². The summed E-state index contributed by atoms with van der Waals surface area (Å²) >= 11 is 14.0. The summed E-state index contributed by atoms with van der Waals surface area (Å²) in [6, 6.07) is 19.2. The molecule has 45 heavy (non-hydrogen) atoms. The van der Waals surface area contributed by atoms with Gasteiger partial charge < -0.3 is 20.8 Å². The fraction of sp³-hybridized carbons (Fsp3) is 0.176. The Labute approximate surface area is 269 Å². The smallest absolute Gasteiger partial charge is 0.156 e. The van der Waals surface area contributed by atoms with E-state index in [0.29, 0.717) is 45.1 Å². The Kier molecular flexibility index (Phi) is 8.18. The van der Waals surface area contributed by atoms with Gasteiger partial charge in [-0.2, -0.15) is 0 Å². The van der Waals surface area contributed by atoms with Crippen LogP contribution in [0.25, 0.3) is 32.9 Å². The molecule has 2 aromatic carbocycles. The van der Waals surface area contributed by atoms with Crippen LogP contribution in [0, 0.1) is 0 Å². The lowest BCUT2D eigenvalue weighted by Crippen LogP contribution is -2.21. The van der Waals surface area contributed by atoms with E-state index in [4.69, 9.17) is 28.2 Å². The van der Waals surface area contributed by atoms with Gasteiger partial charge in [-0.25, -0.2) is 9.97 Å². The zero-order chi connectivity index (χ0) is 30.9. The molecule has 4 N–H and O–H groups in total. The monoisotopic (exact) mass is 637 g/mol. The highest BCUT2D eigenvalue weighted by molar-refractivity contribution is 6.39. The molecule has 7 rings (SSSR count). The van der Waals surface area contributed by atoms with Gasteiger partial charge in [0.25, 0.3) is 0 Å². The van der Waals surface area contributed by atoms with Crippen molar-refractivity contribution in [1.82, 2.24) is 24.8 Å². The van der Waals surface area contributed by atoms with Gasteiger partial charge in [-0.05, 0) is 53.9 Å². The fourth-order valence-electron chi connectivity index (χ4n) is 5.71. The largest absolute Gasteiger partial charge is 0.392 e. The summed E-state index contributed by atoms with van der Waals surface area (Å²) in [7, 11) is 0. The number of anilines is 4. The normalized spacial score (nSPS) is 15.2. The van der Waals surface area contributed by atoms with Gasteiger partial charge in [0.2, 0.25) is 0 Å². The first kappa shape index (κ1) is 29.3. The third-order valence-electron chi connectivity index (χ3n) is 7.94. The number of likely N-dealkylation sites (tertiary alicyclic amines) is 1. The van der Waals surface area contributed by atoms with Crippen LogP contribution in [-0.2, 0) is 13.2 Å². The number of aliphatic hydroxyl groups is 2. The highest BCUT2D eigenvalue weighted by Gasteiger charge is 2.21. The lowest BCUT2D eigenvalue weighted by Gasteiger charge is -2.17. The molecule has 6 aromatic rings. The van der Waals surface area contributed by atoms with E-state index in [1.807, 2.05) is 60.8 Å². The molecule has 5 heterocycles. The molecule has 1 aliphatic rings. The van der Waals surface area contributed by atoms with E-state index in [2.05, 4.69) is 36.6 Å². The molecule has 1 saturated heterocycles. The van der Waals surface area contributed by atoms with Crippen molar-refractivity contribution < 1.29 is 10.2 Å². The van der Waals surface area contributed by atoms with Crippen molar-refractivity contribution in [3.63, 3.8) is 0 Å². The van der Waals surface area contributed by atoms with E-state index < -0.39 is 0 Å². The first-order valence-corrected chi connectivity index (χ1v) is 15.3. The summed E-state index contributed by atoms with van der Waals surface area (Å²) in [5, 5.41) is 28.9. The number of β-amino-alcohol motifs (C(OH)–C–C–N with tert-alkyl or cyclic N) is 1. The van der Waals surface area contributed by atoms with Crippen LogP contribution in [0.4, 0.5) is 23.0 Å². The first-order valence-electron chi connectivity index (χ1n) is 14.6. The van der Waals surface area contributed by atoms with Gasteiger partial charge >= 0.3 is 0 Å². The minimum atomic E-state index is -0.257. The number of fused-ring (bicyclic) bond motifs is 2. The van der Waals surface area contributed by atoms with E-state index in [1.54, 1.807) is 18.6 Å². The number of nitrogens with one attached hydrogen (secondary N) is 2. The molecule has 1 aliphatic heterocycles. The summed E-state index contributed by atoms with van der Waals surface area (Å²) in [5.74, 6) is 1.14. The van der Waals surface area contributed by atoms with Gasteiger partial charge in [-0.3, -0.25) is 14.9 Å². The number of hydrogen-bond donors (Lipinski definition) is 4. The summed E-state index contributed by atoms with van der Waals surface area (Å²) < 4.78 is 0. The van der Waals surface area contributed by atoms with Crippen LogP contribution in [0.15, 0.2) is 85.5 Å². The molecule has 9 nitrogen and oxygen atoms in total. The Bertz CT molecular complexity index is 2040. The maximum atomic E-state index is 9.87. The molecule has 0 bridgehead atoms. The second kappa shape index (κ2) is 12.5. The molecule has 0 aliphatic carbocycles. The van der Waals surface area contributed by atoms with Crippen LogP contribution < -0.4 is 10.6 Å². The van der Waals surface area contributed by atoms with Crippen molar-refractivity contribution in [3.05, 3.63) is 107 Å². The summed E-state index contributed by atoms with van der Waals surface area (Å²) in [6.45, 7) is 2.22. The number of hydrogen-bond acceptors (Lipinski definition) is 9. The average molecular weight is 639 g/mol. The molecule has 1 atom stereocenters. The molecular weight excluding hydrogens is 609 g/mol. The SMILES string of the molecule is OCc1cnc2c(Nc3cccc(-c4cccc(Nc5nccc6cc(CN7CCC(O)C7)cnc56)c4Cl)c3Cl)nccc2c1. The minimum absolute atomic E-state index is 0.0874. The molecule has 4 aromatic heterocycles. The van der Waals surface area contributed by atoms with Crippen LogP contribution in [0.2, 0.25) is 10.0 Å². The molecule has 1 fully saturated rings. The maximum absolute atomic E-state index is 9.87. The molecule has 226 valence electrons. The van der Waals surface area contributed by atoms with Gasteiger partial charge in [0.05, 0.1) is 34.1 Å². The third-order valence-corrected chi connectivity index (χ3v) is 8.76. The lowest BCUT2D eigenvalue weighted by atomic mass is 10.0. The molecule has 0 radical (unpaired) electrons. The van der Waals surface area contributed by atoms with E-state index in [0.717, 1.165) is 58.1 Å². The topological polar surface area (TPSA) is 119 Å². The second-order valence-electron chi connectivity index (χ2n) is 11.1. The Morgan fingerprint density at radius 3 is 1.84 bits per heavy atom. The number of benzene rings is 2. The predicted molar refractivity (Wildman–Crippen MR) is 179 cm³/mol. The number of pyridine rings is 4. The summed E-state index contributed by atoms with van der Waals surface area (Å²) in [5.41, 5.74) is 6.01. The minimum Gasteiger partial charge on any atom is -0.392 e. The van der Waals surface area contributed by atoms with Crippen LogP contribution in [0.1, 0.15) is 17.5 Å². The first-order chi connectivity index (χ1) is 22.0. The van der Waals surface area contributed by atoms with E-state index in [1.165, 1.54) is 0 Å². The Hall–Kier alpha value is -4.38. The second-order valence-corrected chi connectivity index (χ2v) is 11.8. The molecule has 11 heteroatoms. The van der Waals surface area contributed by atoms with Crippen molar-refractivity contribution in [3.8, 4) is 11.1 Å². The molecule has 0 spiro atoms. The number of aromatic nitrogens is 4. The average Bonchev–Trinajstić information content (AvgIpc) is 3.47. The number of rotatable bonds is 8. The molecule has 0 saturated carbocycles. The Balaban J connectivity index is 1.17. The van der Waals surface area contributed by atoms with Crippen LogP contribution in [0.5, 0.6) is 0 Å². The van der Waals surface area contributed by atoms with Crippen LogP contribution in [-0.4, -0.2) is 54.2 Å². The van der Waals surface area contributed by atoms with Crippen LogP contribution in [0.3, 0.4) is 0 Å². The molecule has 0 amide bonds. The molecular formula is C34H29Cl2N7O2. The summed E-state index contributed by atoms with van der Waals surface area (Å²) in [4.78, 5) is 20.5. The van der Waals surface area contributed by atoms with Crippen molar-refractivity contribution in [2.45, 2.75) is 25.7 Å². The third kappa shape index (κ3) is 6.01. The zero-order valence-corrected chi connectivity index (χ0v) is 25.6. The number of nitrogens with zero attached hydrogens (tertiary/aromatic N) is 5. The molecule has 1 unspecified atom stereocenters. The van der Waals surface area contributed by atoms with Crippen molar-refractivity contribution in [1.29, 1.82) is 0 Å². The van der Waals surface area contributed by atoms with Gasteiger partial charge in [-0.1, -0.05) is 47.5 Å². The van der Waals surface area contributed by atoms with Crippen LogP contribution >= 0.6 is 23.2 Å². The Morgan fingerprint density at radius 2 is 1.31 bits per heavy atom. The Morgan fingerprint density at radius 1 is 0.756 bits per heavy atom.